The van der Waals surface area contributed by atoms with Gasteiger partial charge in [0.05, 0.1) is 12.2 Å². The molecule has 1 aliphatic rings. The van der Waals surface area contributed by atoms with Gasteiger partial charge in [-0.3, -0.25) is 4.31 Å². The monoisotopic (exact) mass is 365 g/mol. The van der Waals surface area contributed by atoms with Gasteiger partial charge in [0.1, 0.15) is 11.2 Å². The van der Waals surface area contributed by atoms with E-state index >= 15 is 0 Å². The van der Waals surface area contributed by atoms with Gasteiger partial charge >= 0.3 is 0 Å². The first-order valence-electron chi connectivity index (χ1n) is 6.17. The van der Waals surface area contributed by atoms with Crippen molar-refractivity contribution < 1.29 is 8.42 Å². The fraction of sp³-hybridized carbons (Fsp3) is 0.0714. The molecule has 0 bridgehead atoms. The van der Waals surface area contributed by atoms with E-state index in [1.807, 2.05) is 6.07 Å². The van der Waals surface area contributed by atoms with Crippen LogP contribution in [0.15, 0.2) is 56.8 Å². The Balaban J connectivity index is 1.96. The molecule has 0 aliphatic carbocycles. The van der Waals surface area contributed by atoms with Crippen LogP contribution in [0.2, 0.25) is 0 Å². The van der Waals surface area contributed by atoms with Gasteiger partial charge in [-0.05, 0) is 45.8 Å². The molecule has 3 rings (SSSR count). The molecule has 21 heavy (non-hydrogen) atoms. The van der Waals surface area contributed by atoms with E-state index in [1.165, 1.54) is 10.6 Å². The number of sulfonamides is 1. The normalized spacial score (nSPS) is 15.8. The van der Waals surface area contributed by atoms with Crippen molar-refractivity contribution in [1.82, 2.24) is 4.31 Å². The number of hydrogen-bond acceptors (Lipinski definition) is 4. The molecule has 5 nitrogen and oxygen atoms in total. The summed E-state index contributed by atoms with van der Waals surface area (Å²) in [6.07, 6.45) is 1.34. The molecule has 1 aliphatic heterocycles. The summed E-state index contributed by atoms with van der Waals surface area (Å²) >= 11 is 3.32. The summed E-state index contributed by atoms with van der Waals surface area (Å²) < 4.78 is 27.1. The smallest absolute Gasteiger partial charge is 0.267 e. The molecule has 108 valence electrons. The number of anilines is 1. The number of hydrogen-bond donors (Lipinski definition) is 1. The highest BCUT2D eigenvalue weighted by Crippen LogP contribution is 2.31. The van der Waals surface area contributed by atoms with Crippen LogP contribution in [0.3, 0.4) is 0 Å². The second-order valence-corrected chi connectivity index (χ2v) is 7.33. The summed E-state index contributed by atoms with van der Waals surface area (Å²) in [7, 11) is -3.57. The lowest BCUT2D eigenvalue weighted by Gasteiger charge is -2.24. The van der Waals surface area contributed by atoms with Gasteiger partial charge in [-0.25, -0.2) is 13.4 Å². The second-order valence-electron chi connectivity index (χ2n) is 4.62. The molecule has 0 fully saturated rings. The lowest BCUT2D eigenvalue weighted by molar-refractivity contribution is 0.522. The van der Waals surface area contributed by atoms with Crippen LogP contribution in [-0.4, -0.2) is 19.1 Å². The summed E-state index contributed by atoms with van der Waals surface area (Å²) in [6, 6.07) is 12.1. The molecule has 2 N–H and O–H groups in total. The SMILES string of the molecule is Nc1cc(CN2C=Nc3ccccc3S2(=O)=O)ccc1Br. The topological polar surface area (TPSA) is 75.8 Å². The first-order chi connectivity index (χ1) is 9.98. The zero-order valence-electron chi connectivity index (χ0n) is 10.9. The zero-order valence-corrected chi connectivity index (χ0v) is 13.3. The fourth-order valence-electron chi connectivity index (χ4n) is 2.09. The maximum atomic E-state index is 12.6. The van der Waals surface area contributed by atoms with Crippen LogP contribution in [0, 0.1) is 0 Å². The zero-order chi connectivity index (χ0) is 15.0. The van der Waals surface area contributed by atoms with E-state index in [4.69, 9.17) is 5.73 Å². The first kappa shape index (κ1) is 14.1. The Morgan fingerprint density at radius 1 is 1.19 bits per heavy atom. The van der Waals surface area contributed by atoms with Gasteiger partial charge in [0.15, 0.2) is 0 Å². The number of aliphatic imine (C=N–C) groups is 1. The first-order valence-corrected chi connectivity index (χ1v) is 8.41. The maximum absolute atomic E-state index is 12.6. The quantitative estimate of drug-likeness (QED) is 0.831. The molecular formula is C14H12BrN3O2S. The molecule has 0 aromatic heterocycles. The van der Waals surface area contributed by atoms with Crippen LogP contribution in [0.25, 0.3) is 0 Å². The Labute approximate surface area is 131 Å². The van der Waals surface area contributed by atoms with E-state index in [-0.39, 0.29) is 11.4 Å². The van der Waals surface area contributed by atoms with Gasteiger partial charge < -0.3 is 5.73 Å². The number of fused-ring (bicyclic) bond motifs is 1. The van der Waals surface area contributed by atoms with E-state index in [9.17, 15) is 8.42 Å². The number of nitrogen functional groups attached to an aromatic ring is 1. The van der Waals surface area contributed by atoms with Crippen LogP contribution in [-0.2, 0) is 16.6 Å². The molecule has 7 heteroatoms. The number of benzene rings is 2. The Morgan fingerprint density at radius 3 is 2.71 bits per heavy atom. The van der Waals surface area contributed by atoms with Crippen molar-refractivity contribution in [3.8, 4) is 0 Å². The van der Waals surface area contributed by atoms with Gasteiger partial charge in [-0.1, -0.05) is 18.2 Å². The van der Waals surface area contributed by atoms with E-state index in [0.29, 0.717) is 11.4 Å². The van der Waals surface area contributed by atoms with E-state index in [1.54, 1.807) is 36.4 Å². The summed E-state index contributed by atoms with van der Waals surface area (Å²) in [6.45, 7) is 0.192. The van der Waals surface area contributed by atoms with Crippen molar-refractivity contribution >= 4 is 43.7 Å². The van der Waals surface area contributed by atoms with E-state index in [2.05, 4.69) is 20.9 Å². The van der Waals surface area contributed by atoms with Crippen molar-refractivity contribution in [2.75, 3.05) is 5.73 Å². The van der Waals surface area contributed by atoms with Crippen molar-refractivity contribution in [3.05, 3.63) is 52.5 Å². The molecule has 0 amide bonds. The number of para-hydroxylation sites is 1. The van der Waals surface area contributed by atoms with Crippen molar-refractivity contribution in [2.45, 2.75) is 11.4 Å². The third kappa shape index (κ3) is 2.54. The third-order valence-corrected chi connectivity index (χ3v) is 5.64. The van der Waals surface area contributed by atoms with Gasteiger partial charge in [-0.15, -0.1) is 0 Å². The second kappa shape index (κ2) is 5.16. The van der Waals surface area contributed by atoms with Crippen molar-refractivity contribution in [1.29, 1.82) is 0 Å². The molecule has 0 spiro atoms. The summed E-state index contributed by atoms with van der Waals surface area (Å²) in [5.74, 6) is 0. The molecular weight excluding hydrogens is 354 g/mol. The number of nitrogens with two attached hydrogens (primary N) is 1. The number of rotatable bonds is 2. The minimum Gasteiger partial charge on any atom is -0.398 e. The van der Waals surface area contributed by atoms with Crippen LogP contribution < -0.4 is 5.73 Å². The van der Waals surface area contributed by atoms with E-state index in [0.717, 1.165) is 10.0 Å². The molecule has 0 unspecified atom stereocenters. The molecule has 2 aromatic carbocycles. The minimum absolute atomic E-state index is 0.192. The summed E-state index contributed by atoms with van der Waals surface area (Å²) in [4.78, 5) is 4.41. The Bertz CT molecular complexity index is 834. The molecule has 1 heterocycles. The van der Waals surface area contributed by atoms with Crippen LogP contribution >= 0.6 is 15.9 Å². The lowest BCUT2D eigenvalue weighted by atomic mass is 10.2. The Hall–Kier alpha value is -1.86. The lowest BCUT2D eigenvalue weighted by Crippen LogP contribution is -2.31. The number of halogens is 1. The van der Waals surface area contributed by atoms with Gasteiger partial charge in [0.2, 0.25) is 0 Å². The Kier molecular flexibility index (Phi) is 3.46. The van der Waals surface area contributed by atoms with Gasteiger partial charge in [0, 0.05) is 10.2 Å². The Morgan fingerprint density at radius 2 is 1.95 bits per heavy atom. The predicted molar refractivity (Wildman–Crippen MR) is 85.9 cm³/mol. The maximum Gasteiger partial charge on any atom is 0.267 e. The summed E-state index contributed by atoms with van der Waals surface area (Å²) in [5, 5.41) is 0. The highest BCUT2D eigenvalue weighted by atomic mass is 79.9. The van der Waals surface area contributed by atoms with E-state index < -0.39 is 10.0 Å². The van der Waals surface area contributed by atoms with Crippen molar-refractivity contribution in [3.63, 3.8) is 0 Å². The third-order valence-electron chi connectivity index (χ3n) is 3.18. The molecule has 0 saturated carbocycles. The average molecular weight is 366 g/mol. The van der Waals surface area contributed by atoms with Crippen LogP contribution in [0.5, 0.6) is 0 Å². The molecule has 0 atom stereocenters. The van der Waals surface area contributed by atoms with Gasteiger partial charge in [-0.2, -0.15) is 0 Å². The summed E-state index contributed by atoms with van der Waals surface area (Å²) in [5.41, 5.74) is 7.65. The molecule has 0 radical (unpaired) electrons. The highest BCUT2D eigenvalue weighted by molar-refractivity contribution is 9.10. The van der Waals surface area contributed by atoms with Gasteiger partial charge in [0.25, 0.3) is 10.0 Å². The van der Waals surface area contributed by atoms with Crippen molar-refractivity contribution in [2.24, 2.45) is 4.99 Å². The average Bonchev–Trinajstić information content (AvgIpc) is 2.46. The highest BCUT2D eigenvalue weighted by Gasteiger charge is 2.28. The van der Waals surface area contributed by atoms with Crippen LogP contribution in [0.1, 0.15) is 5.56 Å². The number of nitrogens with zero attached hydrogens (tertiary/aromatic N) is 2. The van der Waals surface area contributed by atoms with Crippen LogP contribution in [0.4, 0.5) is 11.4 Å². The molecule has 0 saturated heterocycles. The fourth-order valence-corrected chi connectivity index (χ4v) is 3.72. The minimum atomic E-state index is -3.57. The molecule has 2 aromatic rings. The standard InChI is InChI=1S/C14H12BrN3O2S/c15-11-6-5-10(7-12(11)16)8-18-9-17-13-3-1-2-4-14(13)21(18,19)20/h1-7,9H,8,16H2. The largest absolute Gasteiger partial charge is 0.398 e. The predicted octanol–water partition coefficient (Wildman–Crippen LogP) is 2.90.